The zero-order valence-corrected chi connectivity index (χ0v) is 13.9. The molecule has 124 valence electrons. The number of aliphatic hydroxyl groups excluding tert-OH is 1. The first-order valence-electron chi connectivity index (χ1n) is 8.14. The molecule has 0 bridgehead atoms. The molecule has 0 aliphatic rings. The third-order valence-electron chi connectivity index (χ3n) is 4.21. The van der Waals surface area contributed by atoms with Crippen molar-refractivity contribution in [3.63, 3.8) is 0 Å². The fourth-order valence-corrected chi connectivity index (χ4v) is 3.01. The van der Waals surface area contributed by atoms with Gasteiger partial charge in [-0.2, -0.15) is 0 Å². The predicted octanol–water partition coefficient (Wildman–Crippen LogP) is 4.03. The molecule has 0 spiro atoms. The van der Waals surface area contributed by atoms with E-state index in [1.54, 1.807) is 0 Å². The van der Waals surface area contributed by atoms with E-state index in [0.717, 1.165) is 28.1 Å². The summed E-state index contributed by atoms with van der Waals surface area (Å²) in [5.41, 5.74) is 3.94. The fourth-order valence-electron chi connectivity index (χ4n) is 3.01. The summed E-state index contributed by atoms with van der Waals surface area (Å²) in [6.45, 7) is 4.04. The minimum Gasteiger partial charge on any atom is -0.394 e. The number of hydrogen-bond donors (Lipinski definition) is 2. The second-order valence-electron chi connectivity index (χ2n) is 5.91. The van der Waals surface area contributed by atoms with Gasteiger partial charge < -0.3 is 14.9 Å². The van der Waals surface area contributed by atoms with Crippen LogP contribution < -0.4 is 5.32 Å². The van der Waals surface area contributed by atoms with Gasteiger partial charge in [0.15, 0.2) is 5.76 Å². The van der Waals surface area contributed by atoms with E-state index in [4.69, 9.17) is 4.52 Å². The van der Waals surface area contributed by atoms with Crippen molar-refractivity contribution < 1.29 is 9.63 Å². The van der Waals surface area contributed by atoms with Crippen molar-refractivity contribution in [3.05, 3.63) is 77.5 Å². The first-order valence-corrected chi connectivity index (χ1v) is 8.14. The van der Waals surface area contributed by atoms with E-state index < -0.39 is 0 Å². The van der Waals surface area contributed by atoms with Gasteiger partial charge in [0.25, 0.3) is 0 Å². The van der Waals surface area contributed by atoms with Crippen LogP contribution in [0.15, 0.2) is 65.2 Å². The zero-order chi connectivity index (χ0) is 16.9. The predicted molar refractivity (Wildman–Crippen MR) is 94.5 cm³/mol. The third kappa shape index (κ3) is 3.40. The zero-order valence-electron chi connectivity index (χ0n) is 13.9. The number of aryl methyl sites for hydroxylation is 1. The molecule has 0 saturated heterocycles. The number of aliphatic hydroxyl groups is 1. The van der Waals surface area contributed by atoms with E-state index in [-0.39, 0.29) is 18.7 Å². The van der Waals surface area contributed by atoms with Gasteiger partial charge >= 0.3 is 0 Å². The minimum absolute atomic E-state index is 0.0104. The second kappa shape index (κ2) is 7.43. The summed E-state index contributed by atoms with van der Waals surface area (Å²) in [7, 11) is 0. The molecular formula is C20H22N2O2. The maximum Gasteiger partial charge on any atom is 0.171 e. The standard InChI is InChI=1S/C20H22N2O2/c1-14(21-18(13-23)16-9-5-3-6-10-16)19-15(2)22-24-20(19)17-11-7-4-8-12-17/h3-12,14,18,21,23H,13H2,1-2H3/t14-,18-/m1/s1. The van der Waals surface area contributed by atoms with Crippen molar-refractivity contribution in [2.24, 2.45) is 0 Å². The van der Waals surface area contributed by atoms with Gasteiger partial charge in [-0.1, -0.05) is 65.8 Å². The van der Waals surface area contributed by atoms with Crippen molar-refractivity contribution in [2.75, 3.05) is 6.61 Å². The molecule has 4 nitrogen and oxygen atoms in total. The van der Waals surface area contributed by atoms with Crippen LogP contribution in [-0.4, -0.2) is 16.9 Å². The Labute approximate surface area is 142 Å². The Morgan fingerprint density at radius 1 is 1.04 bits per heavy atom. The average molecular weight is 322 g/mol. The summed E-state index contributed by atoms with van der Waals surface area (Å²) >= 11 is 0. The quantitative estimate of drug-likeness (QED) is 0.719. The van der Waals surface area contributed by atoms with E-state index in [1.165, 1.54) is 0 Å². The van der Waals surface area contributed by atoms with Gasteiger partial charge in [-0.05, 0) is 19.4 Å². The van der Waals surface area contributed by atoms with E-state index >= 15 is 0 Å². The molecule has 0 aliphatic carbocycles. The highest BCUT2D eigenvalue weighted by atomic mass is 16.5. The van der Waals surface area contributed by atoms with Crippen molar-refractivity contribution in [2.45, 2.75) is 25.9 Å². The first-order chi connectivity index (χ1) is 11.7. The van der Waals surface area contributed by atoms with Crippen molar-refractivity contribution in [1.82, 2.24) is 10.5 Å². The molecule has 2 N–H and O–H groups in total. The summed E-state index contributed by atoms with van der Waals surface area (Å²) in [5.74, 6) is 0.776. The number of rotatable bonds is 6. The van der Waals surface area contributed by atoms with E-state index in [0.29, 0.717) is 0 Å². The highest BCUT2D eigenvalue weighted by Gasteiger charge is 2.23. The number of benzene rings is 2. The summed E-state index contributed by atoms with van der Waals surface area (Å²) in [5, 5.41) is 17.4. The Kier molecular flexibility index (Phi) is 5.08. The van der Waals surface area contributed by atoms with Gasteiger partial charge in [0.1, 0.15) is 0 Å². The largest absolute Gasteiger partial charge is 0.394 e. The maximum absolute atomic E-state index is 9.78. The van der Waals surface area contributed by atoms with Gasteiger partial charge in [-0.25, -0.2) is 0 Å². The molecule has 2 atom stereocenters. The third-order valence-corrected chi connectivity index (χ3v) is 4.21. The normalized spacial score (nSPS) is 13.6. The smallest absolute Gasteiger partial charge is 0.171 e. The minimum atomic E-state index is -0.140. The summed E-state index contributed by atoms with van der Waals surface area (Å²) in [4.78, 5) is 0. The van der Waals surface area contributed by atoms with Crippen LogP contribution >= 0.6 is 0 Å². The monoisotopic (exact) mass is 322 g/mol. The van der Waals surface area contributed by atoms with Gasteiger partial charge in [0, 0.05) is 17.2 Å². The van der Waals surface area contributed by atoms with E-state index in [2.05, 4.69) is 17.4 Å². The fraction of sp³-hybridized carbons (Fsp3) is 0.250. The highest BCUT2D eigenvalue weighted by Crippen LogP contribution is 2.32. The Hall–Kier alpha value is -2.43. The Morgan fingerprint density at radius 2 is 1.67 bits per heavy atom. The van der Waals surface area contributed by atoms with Crippen LogP contribution in [0.25, 0.3) is 11.3 Å². The molecule has 0 radical (unpaired) electrons. The maximum atomic E-state index is 9.78. The average Bonchev–Trinajstić information content (AvgIpc) is 3.02. The lowest BCUT2D eigenvalue weighted by molar-refractivity contribution is 0.235. The van der Waals surface area contributed by atoms with Gasteiger partial charge in [-0.15, -0.1) is 0 Å². The topological polar surface area (TPSA) is 58.3 Å². The molecule has 4 heteroatoms. The molecule has 3 aromatic rings. The van der Waals surface area contributed by atoms with Gasteiger partial charge in [0.05, 0.1) is 18.3 Å². The van der Waals surface area contributed by atoms with E-state index in [1.807, 2.05) is 67.6 Å². The Balaban J connectivity index is 1.88. The molecule has 0 aliphatic heterocycles. The molecule has 1 heterocycles. The number of nitrogens with one attached hydrogen (secondary N) is 1. The van der Waals surface area contributed by atoms with Gasteiger partial charge in [0.2, 0.25) is 0 Å². The Bertz CT molecular complexity index is 769. The second-order valence-corrected chi connectivity index (χ2v) is 5.91. The lowest BCUT2D eigenvalue weighted by atomic mass is 9.99. The van der Waals surface area contributed by atoms with Crippen LogP contribution in [-0.2, 0) is 0 Å². The SMILES string of the molecule is Cc1noc(-c2ccccc2)c1[C@@H](C)N[C@H](CO)c1ccccc1. The lowest BCUT2D eigenvalue weighted by Crippen LogP contribution is -2.27. The highest BCUT2D eigenvalue weighted by molar-refractivity contribution is 5.62. The molecule has 0 amide bonds. The molecule has 0 unspecified atom stereocenters. The van der Waals surface area contributed by atoms with Crippen LogP contribution in [0.5, 0.6) is 0 Å². The molecule has 2 aromatic carbocycles. The van der Waals surface area contributed by atoms with Crippen LogP contribution in [0.4, 0.5) is 0 Å². The van der Waals surface area contributed by atoms with Crippen LogP contribution in [0.1, 0.15) is 35.8 Å². The molecule has 3 rings (SSSR count). The molecule has 0 saturated carbocycles. The van der Waals surface area contributed by atoms with Crippen LogP contribution in [0, 0.1) is 6.92 Å². The molecule has 1 aromatic heterocycles. The van der Waals surface area contributed by atoms with Crippen LogP contribution in [0.3, 0.4) is 0 Å². The summed E-state index contributed by atoms with van der Waals surface area (Å²) in [6.07, 6.45) is 0. The molecule has 24 heavy (non-hydrogen) atoms. The first kappa shape index (κ1) is 16.4. The van der Waals surface area contributed by atoms with Crippen molar-refractivity contribution in [3.8, 4) is 11.3 Å². The number of nitrogens with zero attached hydrogens (tertiary/aromatic N) is 1. The van der Waals surface area contributed by atoms with Crippen molar-refractivity contribution >= 4 is 0 Å². The molecule has 0 fully saturated rings. The summed E-state index contributed by atoms with van der Waals surface area (Å²) in [6, 6.07) is 19.8. The van der Waals surface area contributed by atoms with Gasteiger partial charge in [-0.3, -0.25) is 0 Å². The summed E-state index contributed by atoms with van der Waals surface area (Å²) < 4.78 is 5.57. The van der Waals surface area contributed by atoms with Crippen molar-refractivity contribution in [1.29, 1.82) is 0 Å². The van der Waals surface area contributed by atoms with E-state index in [9.17, 15) is 5.11 Å². The number of hydrogen-bond acceptors (Lipinski definition) is 4. The number of aromatic nitrogens is 1. The lowest BCUT2D eigenvalue weighted by Gasteiger charge is -2.22. The van der Waals surface area contributed by atoms with Crippen LogP contribution in [0.2, 0.25) is 0 Å². The Morgan fingerprint density at radius 3 is 2.29 bits per heavy atom. The molecular weight excluding hydrogens is 300 g/mol.